The maximum absolute atomic E-state index is 13.0. The first-order chi connectivity index (χ1) is 10.6. The van der Waals surface area contributed by atoms with Crippen molar-refractivity contribution in [1.82, 2.24) is 9.80 Å². The van der Waals surface area contributed by atoms with Crippen LogP contribution in [0.5, 0.6) is 5.75 Å². The van der Waals surface area contributed by atoms with Gasteiger partial charge in [0.05, 0.1) is 12.7 Å². The van der Waals surface area contributed by atoms with Crippen LogP contribution in [-0.2, 0) is 0 Å². The number of methoxy groups -OCH3 is 1. The van der Waals surface area contributed by atoms with Crippen molar-refractivity contribution in [1.29, 1.82) is 0 Å². The minimum absolute atomic E-state index is 0.0660. The molecule has 0 saturated carbocycles. The molecule has 2 atom stereocenters. The molecule has 0 spiro atoms. The fourth-order valence-corrected chi connectivity index (χ4v) is 4.03. The lowest BCUT2D eigenvalue weighted by Gasteiger charge is -2.33. The van der Waals surface area contributed by atoms with Crippen LogP contribution in [0.3, 0.4) is 0 Å². The number of likely N-dealkylation sites (tertiary alicyclic amines) is 2. The molecule has 1 amide bonds. The first-order valence-electron chi connectivity index (χ1n) is 7.96. The summed E-state index contributed by atoms with van der Waals surface area (Å²) in [6.45, 7) is 1.97. The first-order valence-corrected chi connectivity index (χ1v) is 8.34. The van der Waals surface area contributed by atoms with Gasteiger partial charge in [0.2, 0.25) is 0 Å². The van der Waals surface area contributed by atoms with Crippen LogP contribution in [0.15, 0.2) is 18.2 Å². The molecule has 3 rings (SSSR count). The van der Waals surface area contributed by atoms with Gasteiger partial charge in [0.15, 0.2) is 0 Å². The van der Waals surface area contributed by atoms with Gasteiger partial charge in [0.25, 0.3) is 5.91 Å². The van der Waals surface area contributed by atoms with Crippen molar-refractivity contribution < 1.29 is 9.53 Å². The largest absolute Gasteiger partial charge is 0.496 e. The van der Waals surface area contributed by atoms with Gasteiger partial charge in [-0.05, 0) is 57.5 Å². The summed E-state index contributed by atoms with van der Waals surface area (Å²) < 4.78 is 5.35. The number of ether oxygens (including phenoxy) is 1. The Morgan fingerprint density at radius 2 is 1.95 bits per heavy atom. The van der Waals surface area contributed by atoms with E-state index in [4.69, 9.17) is 16.3 Å². The average Bonchev–Trinajstić information content (AvgIpc) is 3.14. The summed E-state index contributed by atoms with van der Waals surface area (Å²) in [5.74, 6) is 0.624. The maximum Gasteiger partial charge on any atom is 0.257 e. The van der Waals surface area contributed by atoms with Gasteiger partial charge in [0.1, 0.15) is 5.75 Å². The highest BCUT2D eigenvalue weighted by Crippen LogP contribution is 2.32. The van der Waals surface area contributed by atoms with Gasteiger partial charge in [-0.1, -0.05) is 11.6 Å². The third-order valence-electron chi connectivity index (χ3n) is 4.98. The van der Waals surface area contributed by atoms with Crippen molar-refractivity contribution in [2.45, 2.75) is 37.8 Å². The second-order valence-corrected chi connectivity index (χ2v) is 6.68. The standard InChI is InChI=1S/C17H23ClN2O2/c1-19-9-3-5-14(19)15-6-4-10-20(15)17(21)13-8-7-12(18)11-16(13)22-2/h7-8,11,14-15H,3-6,9-10H2,1-2H3/t14-,15-/m0/s1. The zero-order valence-corrected chi connectivity index (χ0v) is 14.0. The van der Waals surface area contributed by atoms with Crippen molar-refractivity contribution in [3.8, 4) is 5.75 Å². The zero-order chi connectivity index (χ0) is 15.7. The summed E-state index contributed by atoms with van der Waals surface area (Å²) in [4.78, 5) is 17.4. The summed E-state index contributed by atoms with van der Waals surface area (Å²) >= 11 is 6.00. The molecule has 22 heavy (non-hydrogen) atoms. The number of hydrogen-bond donors (Lipinski definition) is 0. The lowest BCUT2D eigenvalue weighted by Crippen LogP contribution is -2.47. The number of likely N-dealkylation sites (N-methyl/N-ethyl adjacent to an activating group) is 1. The summed E-state index contributed by atoms with van der Waals surface area (Å²) in [5.41, 5.74) is 0.611. The summed E-state index contributed by atoms with van der Waals surface area (Å²) in [7, 11) is 3.75. The molecule has 5 heteroatoms. The minimum atomic E-state index is 0.0660. The Morgan fingerprint density at radius 1 is 1.23 bits per heavy atom. The molecule has 0 aliphatic carbocycles. The van der Waals surface area contributed by atoms with E-state index in [1.165, 1.54) is 12.8 Å². The van der Waals surface area contributed by atoms with Crippen LogP contribution in [-0.4, -0.2) is 55.0 Å². The lowest BCUT2D eigenvalue weighted by molar-refractivity contribution is 0.0661. The lowest BCUT2D eigenvalue weighted by atomic mass is 10.0. The Hall–Kier alpha value is -1.26. The third kappa shape index (κ3) is 2.82. The smallest absolute Gasteiger partial charge is 0.257 e. The molecule has 2 aliphatic rings. The van der Waals surface area contributed by atoms with Gasteiger partial charge in [-0.25, -0.2) is 0 Å². The van der Waals surface area contributed by atoms with Gasteiger partial charge in [-0.3, -0.25) is 4.79 Å². The Morgan fingerprint density at radius 3 is 2.64 bits per heavy atom. The van der Waals surface area contributed by atoms with Crippen LogP contribution in [0.1, 0.15) is 36.0 Å². The molecule has 0 bridgehead atoms. The molecule has 0 unspecified atom stereocenters. The van der Waals surface area contributed by atoms with E-state index in [1.54, 1.807) is 25.3 Å². The third-order valence-corrected chi connectivity index (χ3v) is 5.21. The molecular formula is C17H23ClN2O2. The molecule has 2 heterocycles. The van der Waals surface area contributed by atoms with Crippen molar-refractivity contribution in [3.05, 3.63) is 28.8 Å². The molecule has 1 aromatic carbocycles. The normalized spacial score (nSPS) is 25.7. The molecule has 0 aromatic heterocycles. The molecule has 0 N–H and O–H groups in total. The summed E-state index contributed by atoms with van der Waals surface area (Å²) in [6.07, 6.45) is 4.58. The van der Waals surface area contributed by atoms with Crippen LogP contribution in [0, 0.1) is 0 Å². The highest BCUT2D eigenvalue weighted by molar-refractivity contribution is 6.30. The highest BCUT2D eigenvalue weighted by Gasteiger charge is 2.39. The predicted octanol–water partition coefficient (Wildman–Crippen LogP) is 3.05. The molecule has 2 aliphatic heterocycles. The van der Waals surface area contributed by atoms with Crippen LogP contribution >= 0.6 is 11.6 Å². The molecule has 0 radical (unpaired) electrons. The van der Waals surface area contributed by atoms with E-state index < -0.39 is 0 Å². The zero-order valence-electron chi connectivity index (χ0n) is 13.2. The van der Waals surface area contributed by atoms with Gasteiger partial charge in [-0.2, -0.15) is 0 Å². The van der Waals surface area contributed by atoms with E-state index in [9.17, 15) is 4.79 Å². The van der Waals surface area contributed by atoms with E-state index in [1.807, 2.05) is 4.90 Å². The number of hydrogen-bond acceptors (Lipinski definition) is 3. The maximum atomic E-state index is 13.0. The number of amides is 1. The Kier molecular flexibility index (Phi) is 4.59. The van der Waals surface area contributed by atoms with Crippen molar-refractivity contribution in [3.63, 3.8) is 0 Å². The highest BCUT2D eigenvalue weighted by atomic mass is 35.5. The Labute approximate surface area is 137 Å². The van der Waals surface area contributed by atoms with Crippen molar-refractivity contribution >= 4 is 17.5 Å². The predicted molar refractivity (Wildman–Crippen MR) is 87.7 cm³/mol. The number of nitrogens with zero attached hydrogens (tertiary/aromatic N) is 2. The second-order valence-electron chi connectivity index (χ2n) is 6.24. The van der Waals surface area contributed by atoms with Crippen LogP contribution < -0.4 is 4.74 Å². The second kappa shape index (κ2) is 6.47. The van der Waals surface area contributed by atoms with Crippen LogP contribution in [0.2, 0.25) is 5.02 Å². The van der Waals surface area contributed by atoms with E-state index in [0.29, 0.717) is 28.4 Å². The molecule has 4 nitrogen and oxygen atoms in total. The van der Waals surface area contributed by atoms with Crippen molar-refractivity contribution in [2.75, 3.05) is 27.2 Å². The van der Waals surface area contributed by atoms with Crippen LogP contribution in [0.4, 0.5) is 0 Å². The summed E-state index contributed by atoms with van der Waals surface area (Å²) in [6, 6.07) is 6.05. The number of carbonyl (C=O) groups is 1. The average molecular weight is 323 g/mol. The van der Waals surface area contributed by atoms with Crippen molar-refractivity contribution in [2.24, 2.45) is 0 Å². The van der Waals surface area contributed by atoms with E-state index in [2.05, 4.69) is 11.9 Å². The quantitative estimate of drug-likeness (QED) is 0.857. The van der Waals surface area contributed by atoms with Gasteiger partial charge >= 0.3 is 0 Å². The number of halogens is 1. The van der Waals surface area contributed by atoms with Gasteiger partial charge < -0.3 is 14.5 Å². The minimum Gasteiger partial charge on any atom is -0.496 e. The molecular weight excluding hydrogens is 300 g/mol. The number of rotatable bonds is 3. The SMILES string of the molecule is COc1cc(Cl)ccc1C(=O)N1CCC[C@H]1[C@@H]1CCCN1C. The summed E-state index contributed by atoms with van der Waals surface area (Å²) in [5, 5.41) is 0.585. The molecule has 1 aromatic rings. The molecule has 2 fully saturated rings. The topological polar surface area (TPSA) is 32.8 Å². The van der Waals surface area contributed by atoms with E-state index in [-0.39, 0.29) is 5.91 Å². The number of benzene rings is 1. The fraction of sp³-hybridized carbons (Fsp3) is 0.588. The fourth-order valence-electron chi connectivity index (χ4n) is 3.86. The van der Waals surface area contributed by atoms with E-state index >= 15 is 0 Å². The van der Waals surface area contributed by atoms with E-state index in [0.717, 1.165) is 25.9 Å². The monoisotopic (exact) mass is 322 g/mol. The Balaban J connectivity index is 1.84. The van der Waals surface area contributed by atoms with Gasteiger partial charge in [0, 0.05) is 23.7 Å². The Bertz CT molecular complexity index is 564. The molecule has 120 valence electrons. The number of carbonyl (C=O) groups excluding carboxylic acids is 1. The van der Waals surface area contributed by atoms with Crippen LogP contribution in [0.25, 0.3) is 0 Å². The first kappa shape index (κ1) is 15.6. The van der Waals surface area contributed by atoms with Gasteiger partial charge in [-0.15, -0.1) is 0 Å². The molecule has 2 saturated heterocycles.